The molecule has 3 aromatic carbocycles. The molecule has 0 radical (unpaired) electrons. The number of para-hydroxylation sites is 1. The summed E-state index contributed by atoms with van der Waals surface area (Å²) in [5.41, 5.74) is 8.42. The molecule has 5 amide bonds. The zero-order valence-corrected chi connectivity index (χ0v) is 32.9. The van der Waals surface area contributed by atoms with Gasteiger partial charge in [-0.15, -0.1) is 0 Å². The van der Waals surface area contributed by atoms with Gasteiger partial charge in [-0.2, -0.15) is 12.6 Å². The number of nitrogens with two attached hydrogens (primary N) is 1. The summed E-state index contributed by atoms with van der Waals surface area (Å²) in [6.07, 6.45) is 0.294. The van der Waals surface area contributed by atoms with Crippen LogP contribution >= 0.6 is 12.6 Å². The van der Waals surface area contributed by atoms with Crippen molar-refractivity contribution in [3.05, 3.63) is 95.7 Å². The summed E-state index contributed by atoms with van der Waals surface area (Å²) in [6, 6.07) is 9.85. The molecule has 13 N–H and O–H groups in total. The van der Waals surface area contributed by atoms with E-state index >= 15 is 0 Å². The molecule has 0 aliphatic carbocycles. The Morgan fingerprint density at radius 3 is 1.70 bits per heavy atom. The summed E-state index contributed by atoms with van der Waals surface area (Å²) < 4.78 is 0. The second-order valence-corrected chi connectivity index (χ2v) is 14.2. The minimum absolute atomic E-state index is 0.00135. The summed E-state index contributed by atoms with van der Waals surface area (Å²) in [6.45, 7) is -0.985. The zero-order valence-electron chi connectivity index (χ0n) is 32.0. The fraction of sp³-hybridized carbons (Fsp3) is 0.325. The lowest BCUT2D eigenvalue weighted by molar-refractivity contribution is -0.142. The number of aliphatic carboxylic acids is 2. The first-order valence-electron chi connectivity index (χ1n) is 18.6. The number of aromatic hydroxyl groups is 2. The van der Waals surface area contributed by atoms with Gasteiger partial charge in [0.25, 0.3) is 0 Å². The van der Waals surface area contributed by atoms with E-state index in [0.29, 0.717) is 27.6 Å². The van der Waals surface area contributed by atoms with E-state index in [4.69, 9.17) is 5.73 Å². The van der Waals surface area contributed by atoms with Crippen LogP contribution in [0.5, 0.6) is 11.5 Å². The predicted molar refractivity (Wildman–Crippen MR) is 219 cm³/mol. The fourth-order valence-electron chi connectivity index (χ4n) is 6.07. The van der Waals surface area contributed by atoms with Crippen LogP contribution in [-0.2, 0) is 52.8 Å². The van der Waals surface area contributed by atoms with Crippen LogP contribution in [0.15, 0.2) is 79.0 Å². The number of rotatable bonds is 22. The topological polar surface area (TPSA) is 323 Å². The SMILES string of the molecule is N[C@@H](Cc1ccc(O)cc1)C(=O)N[C@@H](CCC(=O)O)C(=O)N[C@@H](Cc1c[nH]c2ccccc12)C(=O)N[C@@H](CO)C(=O)N[C@@H](CS)C(=O)N[C@@H](Cc1ccc(O)cc1)C(=O)O. The second-order valence-electron chi connectivity index (χ2n) is 13.9. The molecule has 20 heteroatoms. The van der Waals surface area contributed by atoms with Crippen molar-refractivity contribution in [3.63, 3.8) is 0 Å². The van der Waals surface area contributed by atoms with Crippen molar-refractivity contribution in [2.75, 3.05) is 12.4 Å². The molecular weight excluding hydrogens is 803 g/mol. The van der Waals surface area contributed by atoms with Gasteiger partial charge in [-0.3, -0.25) is 28.8 Å². The van der Waals surface area contributed by atoms with Gasteiger partial charge < -0.3 is 62.8 Å². The maximum Gasteiger partial charge on any atom is 0.326 e. The molecular formula is C40H47N7O12S. The second kappa shape index (κ2) is 21.9. The standard InChI is InChI=1S/C40H47N7O12S/c41-27(15-21-5-9-24(49)10-6-21)35(53)43-29(13-14-34(51)52)36(54)44-30(17-23-18-42-28-4-2-1-3-26(23)28)37(55)46-32(19-48)38(56)47-33(20-60)39(57)45-31(40(58)59)16-22-7-11-25(50)12-8-22/h1-12,18,27,29-33,42,48-50,60H,13-17,19-20,41H2,(H,43,53)(H,44,54)(H,45,57)(H,46,55)(H,47,56)(H,51,52)(H,58,59)/t27-,29-,30-,31-,32-,33-/m0/s1. The van der Waals surface area contributed by atoms with Crippen molar-refractivity contribution < 1.29 is 59.1 Å². The molecule has 4 aromatic rings. The Kier molecular flexibility index (Phi) is 16.8. The monoisotopic (exact) mass is 849 g/mol. The number of carbonyl (C=O) groups is 7. The van der Waals surface area contributed by atoms with Crippen LogP contribution in [0.4, 0.5) is 0 Å². The molecule has 4 rings (SSSR count). The van der Waals surface area contributed by atoms with Gasteiger partial charge in [0.15, 0.2) is 0 Å². The third-order valence-corrected chi connectivity index (χ3v) is 9.73. The lowest BCUT2D eigenvalue weighted by atomic mass is 10.0. The first kappa shape index (κ1) is 46.1. The van der Waals surface area contributed by atoms with E-state index in [2.05, 4.69) is 44.2 Å². The highest BCUT2D eigenvalue weighted by atomic mass is 32.1. The van der Waals surface area contributed by atoms with Gasteiger partial charge in [0.1, 0.15) is 41.7 Å². The molecule has 0 aliphatic rings. The molecule has 19 nitrogen and oxygen atoms in total. The lowest BCUT2D eigenvalue weighted by Gasteiger charge is -2.26. The van der Waals surface area contributed by atoms with Crippen molar-refractivity contribution in [2.24, 2.45) is 5.73 Å². The fourth-order valence-corrected chi connectivity index (χ4v) is 6.33. The number of thiol groups is 1. The first-order valence-corrected chi connectivity index (χ1v) is 19.3. The number of aliphatic hydroxyl groups excluding tert-OH is 1. The highest BCUT2D eigenvalue weighted by molar-refractivity contribution is 7.80. The maximum absolute atomic E-state index is 13.9. The number of hydrogen-bond donors (Lipinski definition) is 13. The number of phenolic OH excluding ortho intramolecular Hbond substituents is 2. The molecule has 1 heterocycles. The van der Waals surface area contributed by atoms with Gasteiger partial charge in [-0.1, -0.05) is 42.5 Å². The third-order valence-electron chi connectivity index (χ3n) is 9.36. The van der Waals surface area contributed by atoms with E-state index in [9.17, 15) is 59.1 Å². The van der Waals surface area contributed by atoms with Gasteiger partial charge in [-0.05, 0) is 59.9 Å². The summed E-state index contributed by atoms with van der Waals surface area (Å²) in [5, 5.41) is 61.1. The molecule has 0 saturated heterocycles. The number of carboxylic acid groups (broad SMARTS) is 2. The Morgan fingerprint density at radius 1 is 0.617 bits per heavy atom. The van der Waals surface area contributed by atoms with E-state index in [1.54, 1.807) is 42.6 Å². The minimum Gasteiger partial charge on any atom is -0.508 e. The maximum atomic E-state index is 13.9. The van der Waals surface area contributed by atoms with Crippen LogP contribution in [0.2, 0.25) is 0 Å². The lowest BCUT2D eigenvalue weighted by Crippen LogP contribution is -2.60. The number of carboxylic acids is 2. The number of hydrogen-bond acceptors (Lipinski definition) is 12. The number of H-pyrrole nitrogens is 1. The number of aliphatic hydroxyl groups is 1. The molecule has 6 atom stereocenters. The Morgan fingerprint density at radius 2 is 1.12 bits per heavy atom. The molecule has 0 saturated carbocycles. The molecule has 60 heavy (non-hydrogen) atoms. The van der Waals surface area contributed by atoms with Crippen molar-refractivity contribution in [2.45, 2.75) is 68.4 Å². The van der Waals surface area contributed by atoms with Crippen molar-refractivity contribution in [1.29, 1.82) is 0 Å². The first-order chi connectivity index (χ1) is 28.6. The number of aromatic nitrogens is 1. The number of benzene rings is 3. The number of amides is 5. The van der Waals surface area contributed by atoms with E-state index in [-0.39, 0.29) is 36.5 Å². The van der Waals surface area contributed by atoms with Gasteiger partial charge in [-0.25, -0.2) is 4.79 Å². The normalized spacial score (nSPS) is 14.1. The van der Waals surface area contributed by atoms with Crippen LogP contribution in [0.1, 0.15) is 29.5 Å². The Labute approximate surface area is 348 Å². The quantitative estimate of drug-likeness (QED) is 0.0433. The largest absolute Gasteiger partial charge is 0.508 e. The minimum atomic E-state index is -1.71. The summed E-state index contributed by atoms with van der Waals surface area (Å²) >= 11 is 4.11. The molecule has 0 fully saturated rings. The van der Waals surface area contributed by atoms with Gasteiger partial charge in [0, 0.05) is 42.1 Å². The summed E-state index contributed by atoms with van der Waals surface area (Å²) in [5.74, 6) is -7.77. The average Bonchev–Trinajstić information content (AvgIpc) is 3.63. The molecule has 0 aliphatic heterocycles. The molecule has 1 aromatic heterocycles. The van der Waals surface area contributed by atoms with Crippen LogP contribution < -0.4 is 32.3 Å². The highest BCUT2D eigenvalue weighted by Gasteiger charge is 2.33. The molecule has 0 spiro atoms. The molecule has 320 valence electrons. The van der Waals surface area contributed by atoms with E-state index in [1.165, 1.54) is 36.4 Å². The van der Waals surface area contributed by atoms with Crippen molar-refractivity contribution in [3.8, 4) is 11.5 Å². The van der Waals surface area contributed by atoms with Crippen LogP contribution in [-0.4, -0.2) is 121 Å². The number of fused-ring (bicyclic) bond motifs is 1. The van der Waals surface area contributed by atoms with E-state index < -0.39 is 97.2 Å². The average molecular weight is 850 g/mol. The molecule has 0 unspecified atom stereocenters. The highest BCUT2D eigenvalue weighted by Crippen LogP contribution is 2.20. The number of aromatic amines is 1. The summed E-state index contributed by atoms with van der Waals surface area (Å²) in [7, 11) is 0. The van der Waals surface area contributed by atoms with E-state index in [0.717, 1.165) is 0 Å². The Bertz CT molecular complexity index is 2150. The number of phenols is 2. The van der Waals surface area contributed by atoms with Crippen LogP contribution in [0.25, 0.3) is 10.9 Å². The van der Waals surface area contributed by atoms with Gasteiger partial charge in [0.2, 0.25) is 29.5 Å². The number of nitrogens with one attached hydrogen (secondary N) is 6. The predicted octanol–water partition coefficient (Wildman–Crippen LogP) is -0.770. The Balaban J connectivity index is 1.50. The van der Waals surface area contributed by atoms with Crippen LogP contribution in [0.3, 0.4) is 0 Å². The van der Waals surface area contributed by atoms with Crippen LogP contribution in [0, 0.1) is 0 Å². The smallest absolute Gasteiger partial charge is 0.326 e. The number of carbonyl (C=O) groups excluding carboxylic acids is 5. The van der Waals surface area contributed by atoms with E-state index in [1.807, 2.05) is 0 Å². The summed E-state index contributed by atoms with van der Waals surface area (Å²) in [4.78, 5) is 94.0. The van der Waals surface area contributed by atoms with Crippen molar-refractivity contribution in [1.82, 2.24) is 31.6 Å². The molecule has 0 bridgehead atoms. The zero-order chi connectivity index (χ0) is 43.9. The van der Waals surface area contributed by atoms with Gasteiger partial charge in [0.05, 0.1) is 12.6 Å². The van der Waals surface area contributed by atoms with Crippen molar-refractivity contribution >= 4 is 65.0 Å². The third kappa shape index (κ3) is 13.5. The Hall–Kier alpha value is -6.64. The van der Waals surface area contributed by atoms with Gasteiger partial charge >= 0.3 is 11.9 Å².